The van der Waals surface area contributed by atoms with Gasteiger partial charge in [0.25, 0.3) is 5.91 Å². The third-order valence-electron chi connectivity index (χ3n) is 6.96. The standard InChI is InChI=1S/C33H33N7O2/c1-4-29(41)39-28-18-24(6-5-21(28)2)30-27-17-25(33(42)38-19-22-11-13-35-14-12-22)20-37-32(27)40-31(30)23-7-9-26(10-8-23)36-16-15-34-3/h4-14,17-18,20,34,36H,1,15-16,19H2,2-3H3,(H,37,40)(H,38,42)(H,39,41). The number of nitrogens with one attached hydrogen (secondary N) is 5. The molecule has 0 bridgehead atoms. The number of carbonyl (C=O) groups excluding carboxylic acids is 2. The van der Waals surface area contributed by atoms with Crippen molar-refractivity contribution < 1.29 is 9.59 Å². The zero-order chi connectivity index (χ0) is 29.5. The van der Waals surface area contributed by atoms with E-state index in [0.717, 1.165) is 57.7 Å². The number of amides is 2. The number of pyridine rings is 2. The van der Waals surface area contributed by atoms with Crippen LogP contribution in [0.5, 0.6) is 0 Å². The minimum atomic E-state index is -0.286. The second-order valence-corrected chi connectivity index (χ2v) is 9.86. The maximum atomic E-state index is 13.1. The number of carbonyl (C=O) groups is 2. The fourth-order valence-electron chi connectivity index (χ4n) is 4.68. The number of aryl methyl sites for hydroxylation is 1. The number of nitrogens with zero attached hydrogens (tertiary/aromatic N) is 2. The number of aromatic nitrogens is 3. The molecule has 2 aromatic carbocycles. The lowest BCUT2D eigenvalue weighted by atomic mass is 9.96. The van der Waals surface area contributed by atoms with Crippen molar-refractivity contribution >= 4 is 34.2 Å². The van der Waals surface area contributed by atoms with Crippen molar-refractivity contribution in [1.29, 1.82) is 0 Å². The third-order valence-corrected chi connectivity index (χ3v) is 6.96. The molecule has 42 heavy (non-hydrogen) atoms. The predicted molar refractivity (Wildman–Crippen MR) is 168 cm³/mol. The number of aromatic amines is 1. The van der Waals surface area contributed by atoms with Crippen molar-refractivity contribution in [1.82, 2.24) is 25.6 Å². The van der Waals surface area contributed by atoms with E-state index in [0.29, 0.717) is 23.4 Å². The van der Waals surface area contributed by atoms with Gasteiger partial charge in [0, 0.05) is 60.5 Å². The lowest BCUT2D eigenvalue weighted by molar-refractivity contribution is -0.111. The van der Waals surface area contributed by atoms with E-state index in [1.54, 1.807) is 18.6 Å². The van der Waals surface area contributed by atoms with Crippen LogP contribution in [0.25, 0.3) is 33.4 Å². The van der Waals surface area contributed by atoms with Gasteiger partial charge in [0.05, 0.1) is 11.3 Å². The first-order valence-electron chi connectivity index (χ1n) is 13.7. The molecular formula is C33H33N7O2. The second-order valence-electron chi connectivity index (χ2n) is 9.86. The van der Waals surface area contributed by atoms with E-state index < -0.39 is 0 Å². The van der Waals surface area contributed by atoms with Gasteiger partial charge in [0.2, 0.25) is 5.91 Å². The molecule has 9 nitrogen and oxygen atoms in total. The van der Waals surface area contributed by atoms with Crippen LogP contribution in [-0.2, 0) is 11.3 Å². The summed E-state index contributed by atoms with van der Waals surface area (Å²) in [5.41, 5.74) is 8.24. The van der Waals surface area contributed by atoms with Gasteiger partial charge in [-0.05, 0) is 78.7 Å². The summed E-state index contributed by atoms with van der Waals surface area (Å²) in [5, 5.41) is 13.2. The Bertz CT molecular complexity index is 1730. The number of benzene rings is 2. The summed E-state index contributed by atoms with van der Waals surface area (Å²) >= 11 is 0. The fourth-order valence-corrected chi connectivity index (χ4v) is 4.68. The van der Waals surface area contributed by atoms with Crippen LogP contribution >= 0.6 is 0 Å². The first-order chi connectivity index (χ1) is 20.5. The normalized spacial score (nSPS) is 10.8. The molecule has 5 aromatic rings. The average molecular weight is 560 g/mol. The van der Waals surface area contributed by atoms with Gasteiger partial charge < -0.3 is 26.3 Å². The van der Waals surface area contributed by atoms with Crippen LogP contribution in [0.3, 0.4) is 0 Å². The highest BCUT2D eigenvalue weighted by Crippen LogP contribution is 2.39. The highest BCUT2D eigenvalue weighted by Gasteiger charge is 2.19. The molecule has 0 spiro atoms. The molecular weight excluding hydrogens is 526 g/mol. The van der Waals surface area contributed by atoms with Crippen molar-refractivity contribution in [2.45, 2.75) is 13.5 Å². The van der Waals surface area contributed by atoms with Crippen molar-refractivity contribution in [3.8, 4) is 22.4 Å². The summed E-state index contributed by atoms with van der Waals surface area (Å²) in [6.07, 6.45) is 6.21. The minimum Gasteiger partial charge on any atom is -0.384 e. The number of anilines is 2. The van der Waals surface area contributed by atoms with E-state index in [-0.39, 0.29) is 11.8 Å². The Morgan fingerprint density at radius 3 is 2.48 bits per heavy atom. The minimum absolute atomic E-state index is 0.227. The van der Waals surface area contributed by atoms with Gasteiger partial charge >= 0.3 is 0 Å². The van der Waals surface area contributed by atoms with Gasteiger partial charge in [-0.1, -0.05) is 30.8 Å². The van der Waals surface area contributed by atoms with Crippen molar-refractivity contribution in [2.75, 3.05) is 30.8 Å². The van der Waals surface area contributed by atoms with Crippen molar-refractivity contribution in [3.63, 3.8) is 0 Å². The predicted octanol–water partition coefficient (Wildman–Crippen LogP) is 5.29. The quantitative estimate of drug-likeness (QED) is 0.111. The molecule has 0 aliphatic heterocycles. The maximum Gasteiger partial charge on any atom is 0.253 e. The number of fused-ring (bicyclic) bond motifs is 1. The molecule has 5 rings (SSSR count). The van der Waals surface area contributed by atoms with Gasteiger partial charge in [-0.15, -0.1) is 0 Å². The van der Waals surface area contributed by atoms with E-state index in [1.165, 1.54) is 6.08 Å². The Labute approximate surface area is 244 Å². The van der Waals surface area contributed by atoms with Crippen LogP contribution in [-0.4, -0.2) is 46.9 Å². The monoisotopic (exact) mass is 559 g/mol. The Kier molecular flexibility index (Phi) is 8.70. The summed E-state index contributed by atoms with van der Waals surface area (Å²) in [4.78, 5) is 37.4. The molecule has 0 aliphatic carbocycles. The molecule has 9 heteroatoms. The van der Waals surface area contributed by atoms with Crippen LogP contribution in [0, 0.1) is 6.92 Å². The summed E-state index contributed by atoms with van der Waals surface area (Å²) in [7, 11) is 1.92. The van der Waals surface area contributed by atoms with Crippen LogP contribution in [0.15, 0.2) is 91.9 Å². The summed E-state index contributed by atoms with van der Waals surface area (Å²) in [6.45, 7) is 7.55. The molecule has 0 aliphatic rings. The molecule has 0 saturated heterocycles. The number of H-pyrrole nitrogens is 1. The number of rotatable bonds is 11. The fraction of sp³-hybridized carbons (Fsp3) is 0.152. The molecule has 5 N–H and O–H groups in total. The van der Waals surface area contributed by atoms with E-state index in [1.807, 2.05) is 74.6 Å². The number of hydrogen-bond donors (Lipinski definition) is 5. The van der Waals surface area contributed by atoms with Gasteiger partial charge in [0.15, 0.2) is 0 Å². The van der Waals surface area contributed by atoms with Gasteiger partial charge in [-0.25, -0.2) is 4.98 Å². The van der Waals surface area contributed by atoms with Crippen LogP contribution in [0.4, 0.5) is 11.4 Å². The first-order valence-corrected chi connectivity index (χ1v) is 13.7. The molecule has 3 heterocycles. The van der Waals surface area contributed by atoms with E-state index in [9.17, 15) is 9.59 Å². The Morgan fingerprint density at radius 1 is 0.976 bits per heavy atom. The maximum absolute atomic E-state index is 13.1. The zero-order valence-corrected chi connectivity index (χ0v) is 23.6. The Balaban J connectivity index is 1.57. The first kappa shape index (κ1) is 28.3. The highest BCUT2D eigenvalue weighted by atomic mass is 16.2. The van der Waals surface area contributed by atoms with Crippen molar-refractivity contribution in [3.05, 3.63) is 109 Å². The van der Waals surface area contributed by atoms with Crippen LogP contribution in [0.1, 0.15) is 21.5 Å². The van der Waals surface area contributed by atoms with Crippen LogP contribution in [0.2, 0.25) is 0 Å². The van der Waals surface area contributed by atoms with Gasteiger partial charge in [0.1, 0.15) is 5.65 Å². The van der Waals surface area contributed by atoms with E-state index >= 15 is 0 Å². The second kappa shape index (κ2) is 12.9. The van der Waals surface area contributed by atoms with Crippen molar-refractivity contribution in [2.24, 2.45) is 0 Å². The average Bonchev–Trinajstić information content (AvgIpc) is 3.40. The number of likely N-dealkylation sites (N-methyl/N-ethyl adjacent to an activating group) is 1. The summed E-state index contributed by atoms with van der Waals surface area (Å²) in [6, 6.07) is 19.7. The Hall–Kier alpha value is -5.28. The smallest absolute Gasteiger partial charge is 0.253 e. The summed E-state index contributed by atoms with van der Waals surface area (Å²) < 4.78 is 0. The van der Waals surface area contributed by atoms with Crippen LogP contribution < -0.4 is 21.3 Å². The zero-order valence-electron chi connectivity index (χ0n) is 23.6. The summed E-state index contributed by atoms with van der Waals surface area (Å²) in [5.74, 6) is -0.514. The molecule has 0 fully saturated rings. The van der Waals surface area contributed by atoms with E-state index in [2.05, 4.69) is 42.8 Å². The number of hydrogen-bond acceptors (Lipinski definition) is 6. The van der Waals surface area contributed by atoms with Gasteiger partial charge in [-0.2, -0.15) is 0 Å². The lowest BCUT2D eigenvalue weighted by Crippen LogP contribution is -2.22. The molecule has 212 valence electrons. The Morgan fingerprint density at radius 2 is 1.74 bits per heavy atom. The van der Waals surface area contributed by atoms with Gasteiger partial charge in [-0.3, -0.25) is 14.6 Å². The molecule has 0 saturated carbocycles. The highest BCUT2D eigenvalue weighted by molar-refractivity contribution is 6.07. The SMILES string of the molecule is C=CC(=O)Nc1cc(-c2c(-c3ccc(NCCNC)cc3)[nH]c3ncc(C(=O)NCc4ccncc4)cc23)ccc1C. The molecule has 0 unspecified atom stereocenters. The molecule has 0 atom stereocenters. The molecule has 0 radical (unpaired) electrons. The molecule has 3 aromatic heterocycles. The molecule has 2 amide bonds. The lowest BCUT2D eigenvalue weighted by Gasteiger charge is -2.12. The van der Waals surface area contributed by atoms with E-state index in [4.69, 9.17) is 0 Å². The third kappa shape index (κ3) is 6.37. The topological polar surface area (TPSA) is 124 Å². The largest absolute Gasteiger partial charge is 0.384 e.